The van der Waals surface area contributed by atoms with E-state index in [2.05, 4.69) is 146 Å². The maximum Gasteiger partial charge on any atom is 0.130 e. The van der Waals surface area contributed by atoms with Crippen LogP contribution in [-0.2, 0) is 0 Å². The lowest BCUT2D eigenvalue weighted by Crippen LogP contribution is -2.41. The molecule has 0 saturated carbocycles. The van der Waals surface area contributed by atoms with Gasteiger partial charge in [0.2, 0.25) is 0 Å². The normalized spacial score (nSPS) is 16.9. The van der Waals surface area contributed by atoms with Gasteiger partial charge in [-0.25, -0.2) is 9.97 Å². The van der Waals surface area contributed by atoms with E-state index in [0.29, 0.717) is 17.9 Å². The van der Waals surface area contributed by atoms with Crippen molar-refractivity contribution in [2.45, 2.75) is 98.2 Å². The highest BCUT2D eigenvalue weighted by molar-refractivity contribution is 5.82. The summed E-state index contributed by atoms with van der Waals surface area (Å²) in [7, 11) is 0. The fourth-order valence-corrected chi connectivity index (χ4v) is 7.31. The summed E-state index contributed by atoms with van der Waals surface area (Å²) in [6.07, 6.45) is 10.3. The summed E-state index contributed by atoms with van der Waals surface area (Å²) < 4.78 is 0. The quantitative estimate of drug-likeness (QED) is 0.0987. The van der Waals surface area contributed by atoms with E-state index in [1.54, 1.807) is 6.33 Å². The van der Waals surface area contributed by atoms with Crippen molar-refractivity contribution in [3.63, 3.8) is 0 Å². The molecular weight excluding hydrogens is 641 g/mol. The molecule has 278 valence electrons. The third-order valence-corrected chi connectivity index (χ3v) is 10.6. The Labute approximate surface area is 312 Å². The largest absolute Gasteiger partial charge is 0.380 e. The van der Waals surface area contributed by atoms with Gasteiger partial charge in [0.25, 0.3) is 0 Å². The van der Waals surface area contributed by atoms with Gasteiger partial charge in [0.15, 0.2) is 0 Å². The van der Waals surface area contributed by atoms with Crippen molar-refractivity contribution in [2.24, 2.45) is 11.8 Å². The molecule has 2 aliphatic heterocycles. The minimum absolute atomic E-state index is 0.166. The first-order valence-electron chi connectivity index (χ1n) is 19.4. The zero-order valence-corrected chi connectivity index (χ0v) is 32.6. The van der Waals surface area contributed by atoms with E-state index in [9.17, 15) is 0 Å². The maximum absolute atomic E-state index is 5.00. The first-order chi connectivity index (χ1) is 25.0. The van der Waals surface area contributed by atoms with Crippen molar-refractivity contribution in [2.75, 3.05) is 19.6 Å². The highest BCUT2D eigenvalue weighted by Crippen LogP contribution is 2.36. The van der Waals surface area contributed by atoms with E-state index < -0.39 is 0 Å². The molecule has 8 heteroatoms. The fourth-order valence-electron chi connectivity index (χ4n) is 7.31. The van der Waals surface area contributed by atoms with Crippen molar-refractivity contribution < 1.29 is 0 Å². The van der Waals surface area contributed by atoms with Crippen molar-refractivity contribution in [1.82, 2.24) is 40.4 Å². The predicted octanol–water partition coefficient (Wildman–Crippen LogP) is 9.94. The number of likely N-dealkylation sites (tertiary alicyclic amines) is 2. The minimum atomic E-state index is 0.166. The summed E-state index contributed by atoms with van der Waals surface area (Å²) in [4.78, 5) is 20.8. The van der Waals surface area contributed by atoms with Gasteiger partial charge in [0.05, 0.1) is 47.4 Å². The molecule has 4 N–H and O–H groups in total. The van der Waals surface area contributed by atoms with Gasteiger partial charge in [-0.05, 0) is 79.2 Å². The average molecular weight is 703 g/mol. The zero-order valence-electron chi connectivity index (χ0n) is 32.6. The molecule has 0 amide bonds. The topological polar surface area (TPSA) is 87.9 Å². The number of rotatable bonds is 15. The summed E-state index contributed by atoms with van der Waals surface area (Å²) >= 11 is 0. The van der Waals surface area contributed by atoms with Crippen LogP contribution in [0.5, 0.6) is 0 Å². The van der Waals surface area contributed by atoms with Crippen LogP contribution in [0.3, 0.4) is 0 Å². The average Bonchev–Trinajstić information content (AvgIpc) is 3.99. The predicted molar refractivity (Wildman–Crippen MR) is 219 cm³/mol. The van der Waals surface area contributed by atoms with Crippen LogP contribution in [0.4, 0.5) is 0 Å². The molecule has 6 rings (SSSR count). The molecule has 3 atom stereocenters. The van der Waals surface area contributed by atoms with Crippen LogP contribution in [0.2, 0.25) is 0 Å². The van der Waals surface area contributed by atoms with E-state index in [4.69, 9.17) is 4.98 Å². The van der Waals surface area contributed by atoms with Crippen molar-refractivity contribution in [3.05, 3.63) is 110 Å². The number of imidazole rings is 2. The number of benzene rings is 2. The van der Waals surface area contributed by atoms with Crippen LogP contribution in [0, 0.1) is 11.8 Å². The van der Waals surface area contributed by atoms with Crippen LogP contribution in [-0.4, -0.2) is 61.5 Å². The molecule has 52 heavy (non-hydrogen) atoms. The number of aromatic nitrogens is 4. The molecule has 0 bridgehead atoms. The number of fused-ring (bicyclic) bond motifs is 1. The number of H-pyrrole nitrogens is 2. The lowest BCUT2D eigenvalue weighted by molar-refractivity contribution is 0.271. The summed E-state index contributed by atoms with van der Waals surface area (Å²) in [5, 5.41) is 7.12. The van der Waals surface area contributed by atoms with Gasteiger partial charge in [-0.1, -0.05) is 98.2 Å². The molecule has 0 radical (unpaired) electrons. The first-order valence-corrected chi connectivity index (χ1v) is 19.4. The van der Waals surface area contributed by atoms with Gasteiger partial charge in [-0.3, -0.25) is 0 Å². The molecular formula is C44H62N8. The van der Waals surface area contributed by atoms with Crippen molar-refractivity contribution >= 4 is 11.0 Å². The summed E-state index contributed by atoms with van der Waals surface area (Å²) in [5.41, 5.74) is 11.1. The van der Waals surface area contributed by atoms with Crippen LogP contribution in [0.15, 0.2) is 104 Å². The Kier molecular flexibility index (Phi) is 13.1. The van der Waals surface area contributed by atoms with Gasteiger partial charge >= 0.3 is 0 Å². The maximum atomic E-state index is 5.00. The fraction of sp³-hybridized carbons (Fsp3) is 0.455. The Hall–Kier alpha value is -4.72. The number of aromatic amines is 2. The van der Waals surface area contributed by atoms with Crippen LogP contribution >= 0.6 is 0 Å². The number of nitrogens with one attached hydrogen (secondary N) is 4. The van der Waals surface area contributed by atoms with Gasteiger partial charge < -0.3 is 30.4 Å². The van der Waals surface area contributed by atoms with Crippen LogP contribution in [0.25, 0.3) is 33.4 Å². The molecule has 2 aromatic heterocycles. The first kappa shape index (κ1) is 38.5. The van der Waals surface area contributed by atoms with Gasteiger partial charge in [-0.15, -0.1) is 0 Å². The second-order valence-electron chi connectivity index (χ2n) is 15.1. The van der Waals surface area contributed by atoms with Gasteiger partial charge in [0, 0.05) is 42.4 Å². The van der Waals surface area contributed by atoms with E-state index in [1.165, 1.54) is 42.8 Å². The third-order valence-electron chi connectivity index (χ3n) is 10.6. The van der Waals surface area contributed by atoms with Gasteiger partial charge in [0.1, 0.15) is 5.82 Å². The minimum Gasteiger partial charge on any atom is -0.380 e. The Morgan fingerprint density at radius 3 is 1.96 bits per heavy atom. The number of hydrogen-bond donors (Lipinski definition) is 4. The molecule has 2 aromatic carbocycles. The van der Waals surface area contributed by atoms with Crippen LogP contribution < -0.4 is 10.6 Å². The second-order valence-corrected chi connectivity index (χ2v) is 15.1. The lowest BCUT2D eigenvalue weighted by atomic mass is 9.99. The molecule has 0 unspecified atom stereocenters. The molecule has 2 fully saturated rings. The summed E-state index contributed by atoms with van der Waals surface area (Å²) in [5.74, 6) is 1.99. The molecule has 4 aromatic rings. The van der Waals surface area contributed by atoms with E-state index in [-0.39, 0.29) is 12.1 Å². The Bertz CT molecular complexity index is 1790. The van der Waals surface area contributed by atoms with E-state index in [1.807, 2.05) is 6.20 Å². The Morgan fingerprint density at radius 2 is 1.38 bits per heavy atom. The smallest absolute Gasteiger partial charge is 0.130 e. The SMILES string of the molecule is C=C(CC)N[C@H](C(=C)N1CCCC1)C(C)C.C=C(CC)N[C@H](C(=C)N1CCC[C@H]1c1nc2ccc(-c3ccc(-c4cnc[nH]4)cc3)cc2[nH]1)C(C)C. The van der Waals surface area contributed by atoms with E-state index >= 15 is 0 Å². The molecule has 8 nitrogen and oxygen atoms in total. The zero-order chi connectivity index (χ0) is 37.4. The number of hydrogen-bond acceptors (Lipinski definition) is 6. The number of allylic oxidation sites excluding steroid dienone is 2. The molecule has 0 spiro atoms. The van der Waals surface area contributed by atoms with E-state index in [0.717, 1.165) is 77.4 Å². The number of nitrogens with zero attached hydrogens (tertiary/aromatic N) is 4. The summed E-state index contributed by atoms with van der Waals surface area (Å²) in [6.45, 7) is 33.5. The second kappa shape index (κ2) is 17.7. The highest BCUT2D eigenvalue weighted by atomic mass is 15.2. The monoisotopic (exact) mass is 703 g/mol. The molecule has 4 heterocycles. The van der Waals surface area contributed by atoms with Crippen molar-refractivity contribution in [3.8, 4) is 22.4 Å². The molecule has 2 saturated heterocycles. The summed E-state index contributed by atoms with van der Waals surface area (Å²) in [6, 6.07) is 15.7. The Morgan fingerprint density at radius 1 is 0.788 bits per heavy atom. The lowest BCUT2D eigenvalue weighted by Gasteiger charge is -2.35. The van der Waals surface area contributed by atoms with Crippen molar-refractivity contribution in [1.29, 1.82) is 0 Å². The van der Waals surface area contributed by atoms with Gasteiger partial charge in [-0.2, -0.15) is 0 Å². The van der Waals surface area contributed by atoms with Crippen LogP contribution in [0.1, 0.15) is 91.9 Å². The molecule has 0 aliphatic carbocycles. The Balaban J connectivity index is 0.000000275. The highest BCUT2D eigenvalue weighted by Gasteiger charge is 2.33. The molecule has 2 aliphatic rings. The standard InChI is InChI=1S/C30H36N6.C14H26N2/c1-6-20(4)33-29(19(2)3)21(5)36-15-7-8-28(36)30-34-25-14-13-24(16-26(25)35-30)22-9-11-23(12-10-22)27-17-31-18-32-27;1-6-12(4)15-14(11(2)3)13(5)16-9-7-8-10-16/h9-14,16-19,28-29,33H,4-8,15H2,1-3H3,(H,31,32)(H,34,35);11,14-15H,4-10H2,1-3H3/t28-,29-;14-/m00/s1. The third kappa shape index (κ3) is 9.19.